The Morgan fingerprint density at radius 2 is 1.52 bits per heavy atom. The molecule has 1 atom stereocenters. The first kappa shape index (κ1) is 19.2. The maximum absolute atomic E-state index is 12.9. The van der Waals surface area contributed by atoms with Gasteiger partial charge in [0.15, 0.2) is 0 Å². The summed E-state index contributed by atoms with van der Waals surface area (Å²) in [6, 6.07) is 17.2. The second-order valence-corrected chi connectivity index (χ2v) is 7.28. The molecule has 1 fully saturated rings. The number of carbonyl (C=O) groups is 2. The number of aliphatic hydroxyl groups is 1. The fourth-order valence-electron chi connectivity index (χ4n) is 3.28. The molecule has 1 saturated heterocycles. The van der Waals surface area contributed by atoms with E-state index in [0.29, 0.717) is 27.0 Å². The number of anilines is 1. The summed E-state index contributed by atoms with van der Waals surface area (Å²) in [5.74, 6) is -1.83. The highest BCUT2D eigenvalue weighted by Crippen LogP contribution is 2.41. The van der Waals surface area contributed by atoms with Crippen molar-refractivity contribution in [3.8, 4) is 0 Å². The van der Waals surface area contributed by atoms with Crippen molar-refractivity contribution in [2.75, 3.05) is 4.90 Å². The van der Waals surface area contributed by atoms with E-state index in [1.807, 2.05) is 0 Å². The number of hydrogen-bond acceptors (Lipinski definition) is 4. The maximum Gasteiger partial charge on any atom is 0.300 e. The minimum atomic E-state index is -0.881. The van der Waals surface area contributed by atoms with Gasteiger partial charge in [-0.25, -0.2) is 0 Å². The van der Waals surface area contributed by atoms with Gasteiger partial charge < -0.3 is 5.11 Å². The summed E-state index contributed by atoms with van der Waals surface area (Å²) in [6.07, 6.45) is 1.57. The molecule has 2 aromatic carbocycles. The summed E-state index contributed by atoms with van der Waals surface area (Å²) in [6.45, 7) is 0. The van der Waals surface area contributed by atoms with Gasteiger partial charge in [0.25, 0.3) is 11.7 Å². The molecule has 5 nitrogen and oxygen atoms in total. The van der Waals surface area contributed by atoms with E-state index < -0.39 is 17.7 Å². The maximum atomic E-state index is 12.9. The van der Waals surface area contributed by atoms with Gasteiger partial charge in [0.05, 0.1) is 11.3 Å². The zero-order chi connectivity index (χ0) is 20.5. The number of carbonyl (C=O) groups excluding carboxylic acids is 2. The van der Waals surface area contributed by atoms with Crippen LogP contribution in [0, 0.1) is 0 Å². The fourth-order valence-corrected chi connectivity index (χ4v) is 3.53. The molecule has 0 bridgehead atoms. The normalized spacial score (nSPS) is 18.3. The average molecular weight is 425 g/mol. The Balaban J connectivity index is 1.93. The summed E-state index contributed by atoms with van der Waals surface area (Å²) >= 11 is 11.9. The predicted octanol–water partition coefficient (Wildman–Crippen LogP) is 5.01. The van der Waals surface area contributed by atoms with Crippen LogP contribution in [0.5, 0.6) is 0 Å². The van der Waals surface area contributed by atoms with Crippen LogP contribution in [0.4, 0.5) is 5.69 Å². The van der Waals surface area contributed by atoms with Crippen LogP contribution in [0.15, 0.2) is 78.5 Å². The lowest BCUT2D eigenvalue weighted by Gasteiger charge is -2.24. The van der Waals surface area contributed by atoms with Crippen LogP contribution in [0.1, 0.15) is 17.3 Å². The number of aromatic nitrogens is 1. The molecule has 0 saturated carbocycles. The number of aliphatic hydroxyl groups excluding tert-OH is 1. The third-order valence-electron chi connectivity index (χ3n) is 4.63. The van der Waals surface area contributed by atoms with Gasteiger partial charge >= 0.3 is 0 Å². The third-order valence-corrected chi connectivity index (χ3v) is 5.14. The Bertz CT molecular complexity index is 1110. The Hall–Kier alpha value is -3.15. The summed E-state index contributed by atoms with van der Waals surface area (Å²) in [4.78, 5) is 31.5. The number of pyridine rings is 1. The van der Waals surface area contributed by atoms with E-state index in [1.165, 1.54) is 4.90 Å². The van der Waals surface area contributed by atoms with Crippen LogP contribution in [-0.4, -0.2) is 21.8 Å². The number of ketones is 1. The van der Waals surface area contributed by atoms with Gasteiger partial charge in [-0.3, -0.25) is 19.5 Å². The van der Waals surface area contributed by atoms with Crippen molar-refractivity contribution in [1.29, 1.82) is 0 Å². The molecular formula is C22H14Cl2N2O3. The highest BCUT2D eigenvalue weighted by Gasteiger charge is 2.47. The van der Waals surface area contributed by atoms with Crippen molar-refractivity contribution in [2.24, 2.45) is 0 Å². The summed E-state index contributed by atoms with van der Waals surface area (Å²) in [5, 5.41) is 11.9. The fraction of sp³-hybridized carbons (Fsp3) is 0.0455. The number of nitrogens with zero attached hydrogens (tertiary/aromatic N) is 2. The van der Waals surface area contributed by atoms with Crippen molar-refractivity contribution >= 4 is 46.3 Å². The number of amides is 1. The van der Waals surface area contributed by atoms with Crippen molar-refractivity contribution in [1.82, 2.24) is 4.98 Å². The lowest BCUT2D eigenvalue weighted by Crippen LogP contribution is -2.29. The predicted molar refractivity (Wildman–Crippen MR) is 112 cm³/mol. The first-order valence-electron chi connectivity index (χ1n) is 8.71. The van der Waals surface area contributed by atoms with E-state index in [0.717, 1.165) is 0 Å². The molecule has 1 aliphatic rings. The highest BCUT2D eigenvalue weighted by molar-refractivity contribution is 6.51. The number of hydrogen-bond donors (Lipinski definition) is 1. The van der Waals surface area contributed by atoms with Gasteiger partial charge in [0.2, 0.25) is 0 Å². The minimum absolute atomic E-state index is 0.0361. The average Bonchev–Trinajstić information content (AvgIpc) is 3.00. The molecule has 1 unspecified atom stereocenters. The van der Waals surface area contributed by atoms with Gasteiger partial charge in [0.1, 0.15) is 11.8 Å². The molecule has 1 amide bonds. The molecule has 3 aromatic rings. The molecular weight excluding hydrogens is 411 g/mol. The molecule has 2 heterocycles. The van der Waals surface area contributed by atoms with Gasteiger partial charge in [-0.2, -0.15) is 0 Å². The SMILES string of the molecule is O=C1C(=O)N(c2ccc(Cl)cc2)C(c2ccccn2)/C1=C(/O)c1ccc(Cl)cc1. The van der Waals surface area contributed by atoms with E-state index >= 15 is 0 Å². The van der Waals surface area contributed by atoms with E-state index in [2.05, 4.69) is 4.98 Å². The van der Waals surface area contributed by atoms with Crippen molar-refractivity contribution in [3.05, 3.63) is 99.8 Å². The zero-order valence-electron chi connectivity index (χ0n) is 14.9. The largest absolute Gasteiger partial charge is 0.507 e. The number of Topliss-reactive ketones (excluding diaryl/α,β-unsaturated/α-hetero) is 1. The molecule has 0 radical (unpaired) electrons. The van der Waals surface area contributed by atoms with Gasteiger partial charge in [-0.1, -0.05) is 29.3 Å². The first-order chi connectivity index (χ1) is 14.0. The van der Waals surface area contributed by atoms with Crippen LogP contribution < -0.4 is 4.90 Å². The first-order valence-corrected chi connectivity index (χ1v) is 9.46. The highest BCUT2D eigenvalue weighted by atomic mass is 35.5. The number of halogens is 2. The minimum Gasteiger partial charge on any atom is -0.507 e. The molecule has 1 aromatic heterocycles. The van der Waals surface area contributed by atoms with Gasteiger partial charge in [-0.15, -0.1) is 0 Å². The van der Waals surface area contributed by atoms with Gasteiger partial charge in [-0.05, 0) is 60.7 Å². The van der Waals surface area contributed by atoms with Crippen LogP contribution in [-0.2, 0) is 9.59 Å². The molecule has 0 aliphatic carbocycles. The summed E-state index contributed by atoms with van der Waals surface area (Å²) in [7, 11) is 0. The van der Waals surface area contributed by atoms with E-state index in [4.69, 9.17) is 23.2 Å². The summed E-state index contributed by atoms with van der Waals surface area (Å²) < 4.78 is 0. The Morgan fingerprint density at radius 3 is 2.10 bits per heavy atom. The molecule has 1 N–H and O–H groups in total. The van der Waals surface area contributed by atoms with E-state index in [1.54, 1.807) is 72.9 Å². The van der Waals surface area contributed by atoms with Gasteiger partial charge in [0, 0.05) is 27.5 Å². The van der Waals surface area contributed by atoms with Crippen LogP contribution in [0.2, 0.25) is 10.0 Å². The third kappa shape index (κ3) is 3.50. The lowest BCUT2D eigenvalue weighted by atomic mass is 9.98. The van der Waals surface area contributed by atoms with Crippen LogP contribution in [0.25, 0.3) is 5.76 Å². The molecule has 29 heavy (non-hydrogen) atoms. The zero-order valence-corrected chi connectivity index (χ0v) is 16.4. The van der Waals surface area contributed by atoms with Crippen LogP contribution in [0.3, 0.4) is 0 Å². The molecule has 1 aliphatic heterocycles. The topological polar surface area (TPSA) is 70.5 Å². The van der Waals surface area contributed by atoms with Crippen molar-refractivity contribution in [3.63, 3.8) is 0 Å². The van der Waals surface area contributed by atoms with E-state index in [9.17, 15) is 14.7 Å². The second-order valence-electron chi connectivity index (χ2n) is 6.41. The molecule has 144 valence electrons. The monoisotopic (exact) mass is 424 g/mol. The molecule has 4 rings (SSSR count). The quantitative estimate of drug-likeness (QED) is 0.364. The van der Waals surface area contributed by atoms with Crippen molar-refractivity contribution in [2.45, 2.75) is 6.04 Å². The lowest BCUT2D eigenvalue weighted by molar-refractivity contribution is -0.132. The molecule has 0 spiro atoms. The Morgan fingerprint density at radius 1 is 0.897 bits per heavy atom. The van der Waals surface area contributed by atoms with Crippen LogP contribution >= 0.6 is 23.2 Å². The molecule has 7 heteroatoms. The summed E-state index contributed by atoms with van der Waals surface area (Å²) in [5.41, 5.74) is 1.27. The van der Waals surface area contributed by atoms with E-state index in [-0.39, 0.29) is 11.3 Å². The Labute approximate surface area is 176 Å². The standard InChI is InChI=1S/C22H14Cl2N2O3/c23-14-6-4-13(5-7-14)20(27)18-19(17-3-1-2-12-25-17)26(22(29)21(18)28)16-10-8-15(24)9-11-16/h1-12,19,27H/b20-18-. The second kappa shape index (κ2) is 7.70. The Kier molecular flexibility index (Phi) is 5.09. The number of rotatable bonds is 3. The number of benzene rings is 2. The van der Waals surface area contributed by atoms with Crippen molar-refractivity contribution < 1.29 is 14.7 Å². The smallest absolute Gasteiger partial charge is 0.300 e.